The van der Waals surface area contributed by atoms with Gasteiger partial charge in [0.1, 0.15) is 12.7 Å². The van der Waals surface area contributed by atoms with E-state index in [1.165, 1.54) is 0 Å². The van der Waals surface area contributed by atoms with Gasteiger partial charge in [0.2, 0.25) is 0 Å². The molecule has 1 N–H and O–H groups in total. The highest BCUT2D eigenvalue weighted by Crippen LogP contribution is 2.14. The number of aryl methyl sites for hydroxylation is 3. The number of hydrogen-bond donors (Lipinski definition) is 1. The van der Waals surface area contributed by atoms with E-state index in [0.29, 0.717) is 5.56 Å². The Morgan fingerprint density at radius 3 is 2.50 bits per heavy atom. The van der Waals surface area contributed by atoms with Gasteiger partial charge in [-0.1, -0.05) is 18.2 Å². The first-order chi connectivity index (χ1) is 8.58. The zero-order valence-electron chi connectivity index (χ0n) is 10.9. The third kappa shape index (κ3) is 2.56. The third-order valence-corrected chi connectivity index (χ3v) is 3.01. The molecule has 0 saturated carbocycles. The highest BCUT2D eigenvalue weighted by Gasteiger charge is 2.11. The smallest absolute Gasteiger partial charge is 0.255 e. The minimum atomic E-state index is -0.0810. The second kappa shape index (κ2) is 5.00. The van der Waals surface area contributed by atoms with Crippen molar-refractivity contribution in [2.75, 3.05) is 5.32 Å². The third-order valence-electron chi connectivity index (χ3n) is 3.01. The molecule has 1 heterocycles. The van der Waals surface area contributed by atoms with Gasteiger partial charge in [-0.15, -0.1) is 0 Å². The first-order valence-electron chi connectivity index (χ1n) is 5.91. The van der Waals surface area contributed by atoms with E-state index in [0.717, 1.165) is 16.9 Å². The Bertz CT molecular complexity index is 577. The number of pyridine rings is 1. The van der Waals surface area contributed by atoms with Gasteiger partial charge in [-0.3, -0.25) is 4.79 Å². The Kier molecular flexibility index (Phi) is 3.42. The van der Waals surface area contributed by atoms with Crippen molar-refractivity contribution >= 4 is 11.6 Å². The molecule has 0 atom stereocenters. The molecule has 0 radical (unpaired) electrons. The van der Waals surface area contributed by atoms with Gasteiger partial charge in [-0.05, 0) is 24.6 Å². The molecule has 3 nitrogen and oxygen atoms in total. The molecular weight excluding hydrogens is 224 g/mol. The van der Waals surface area contributed by atoms with Crippen LogP contribution in [0.1, 0.15) is 21.6 Å². The van der Waals surface area contributed by atoms with Gasteiger partial charge in [0, 0.05) is 18.6 Å². The molecule has 0 aliphatic heterocycles. The van der Waals surface area contributed by atoms with E-state index in [-0.39, 0.29) is 5.91 Å². The number of nitrogens with one attached hydrogen (secondary N) is 1. The number of aromatic nitrogens is 1. The van der Waals surface area contributed by atoms with Gasteiger partial charge in [0.25, 0.3) is 5.91 Å². The Balaban J connectivity index is 2.25. The maximum atomic E-state index is 12.0. The summed E-state index contributed by atoms with van der Waals surface area (Å²) in [7, 11) is 1.97. The lowest BCUT2D eigenvalue weighted by atomic mass is 10.2. The van der Waals surface area contributed by atoms with Crippen LogP contribution in [0.25, 0.3) is 0 Å². The number of nitrogens with zero attached hydrogens (tertiary/aromatic N) is 1. The summed E-state index contributed by atoms with van der Waals surface area (Å²) in [4.78, 5) is 12.0. The lowest BCUT2D eigenvalue weighted by Gasteiger charge is -2.07. The van der Waals surface area contributed by atoms with Crippen LogP contribution in [0.4, 0.5) is 5.69 Å². The lowest BCUT2D eigenvalue weighted by molar-refractivity contribution is -0.677. The van der Waals surface area contributed by atoms with Crippen LogP contribution >= 0.6 is 0 Å². The first kappa shape index (κ1) is 12.3. The second-order valence-electron chi connectivity index (χ2n) is 4.44. The quantitative estimate of drug-likeness (QED) is 0.805. The fourth-order valence-corrected chi connectivity index (χ4v) is 1.81. The average molecular weight is 241 g/mol. The molecule has 0 aliphatic carbocycles. The van der Waals surface area contributed by atoms with Crippen molar-refractivity contribution in [3.05, 3.63) is 59.4 Å². The summed E-state index contributed by atoms with van der Waals surface area (Å²) in [6, 6.07) is 11.3. The van der Waals surface area contributed by atoms with Crippen molar-refractivity contribution < 1.29 is 9.36 Å². The molecule has 0 aliphatic rings. The summed E-state index contributed by atoms with van der Waals surface area (Å²) >= 11 is 0. The molecule has 18 heavy (non-hydrogen) atoms. The van der Waals surface area contributed by atoms with E-state index in [1.807, 2.05) is 49.9 Å². The molecule has 0 spiro atoms. The summed E-state index contributed by atoms with van der Waals surface area (Å²) in [5.74, 6) is -0.0810. The van der Waals surface area contributed by atoms with E-state index in [4.69, 9.17) is 0 Å². The fourth-order valence-electron chi connectivity index (χ4n) is 1.81. The maximum Gasteiger partial charge on any atom is 0.255 e. The van der Waals surface area contributed by atoms with Crippen LogP contribution in [0, 0.1) is 13.8 Å². The topological polar surface area (TPSA) is 33.0 Å². The van der Waals surface area contributed by atoms with E-state index >= 15 is 0 Å². The van der Waals surface area contributed by atoms with Crippen molar-refractivity contribution in [2.24, 2.45) is 7.05 Å². The van der Waals surface area contributed by atoms with Gasteiger partial charge in [-0.25, -0.2) is 4.57 Å². The number of amides is 1. The van der Waals surface area contributed by atoms with Gasteiger partial charge < -0.3 is 5.32 Å². The highest BCUT2D eigenvalue weighted by atomic mass is 16.1. The zero-order chi connectivity index (χ0) is 13.1. The zero-order valence-corrected chi connectivity index (χ0v) is 10.9. The Labute approximate surface area is 107 Å². The van der Waals surface area contributed by atoms with Gasteiger partial charge in [-0.2, -0.15) is 0 Å². The molecule has 2 aromatic rings. The Morgan fingerprint density at radius 1 is 1.17 bits per heavy atom. The summed E-state index contributed by atoms with van der Waals surface area (Å²) in [5, 5.41) is 2.93. The monoisotopic (exact) mass is 241 g/mol. The molecule has 3 heteroatoms. The molecule has 0 unspecified atom stereocenters. The van der Waals surface area contributed by atoms with Crippen LogP contribution in [0.5, 0.6) is 0 Å². The van der Waals surface area contributed by atoms with Crippen molar-refractivity contribution in [1.82, 2.24) is 0 Å². The minimum absolute atomic E-state index is 0.0810. The second-order valence-corrected chi connectivity index (χ2v) is 4.44. The summed E-state index contributed by atoms with van der Waals surface area (Å²) in [5.41, 5.74) is 3.73. The number of carbonyl (C=O) groups is 1. The standard InChI is InChI=1S/C15H16N2O/c1-11-9-12(2)17(3)10-14(11)16-15(18)13-7-5-4-6-8-13/h4-10H,1-3H3/p+1. The van der Waals surface area contributed by atoms with Gasteiger partial charge in [0.15, 0.2) is 11.9 Å². The van der Waals surface area contributed by atoms with E-state index < -0.39 is 0 Å². The van der Waals surface area contributed by atoms with Crippen LogP contribution in [0.15, 0.2) is 42.6 Å². The lowest BCUT2D eigenvalue weighted by Crippen LogP contribution is -2.32. The molecular formula is C15H17N2O+. The molecule has 1 aromatic carbocycles. The van der Waals surface area contributed by atoms with Crippen molar-refractivity contribution in [3.63, 3.8) is 0 Å². The number of carbonyl (C=O) groups excluding carboxylic acids is 1. The summed E-state index contributed by atoms with van der Waals surface area (Å²) < 4.78 is 1.99. The van der Waals surface area contributed by atoms with Crippen LogP contribution in [0.3, 0.4) is 0 Å². The van der Waals surface area contributed by atoms with Crippen LogP contribution in [0.2, 0.25) is 0 Å². The van der Waals surface area contributed by atoms with E-state index in [9.17, 15) is 4.79 Å². The predicted molar refractivity (Wildman–Crippen MR) is 71.5 cm³/mol. The maximum absolute atomic E-state index is 12.0. The average Bonchev–Trinajstić information content (AvgIpc) is 2.37. The van der Waals surface area contributed by atoms with Gasteiger partial charge in [0.05, 0.1) is 0 Å². The van der Waals surface area contributed by atoms with E-state index in [2.05, 4.69) is 11.4 Å². The van der Waals surface area contributed by atoms with Crippen LogP contribution in [-0.2, 0) is 7.05 Å². The number of benzene rings is 1. The number of hydrogen-bond acceptors (Lipinski definition) is 1. The SMILES string of the molecule is Cc1cc(C)[n+](C)cc1NC(=O)c1ccccc1. The van der Waals surface area contributed by atoms with Crippen molar-refractivity contribution in [3.8, 4) is 0 Å². The Morgan fingerprint density at radius 2 is 1.83 bits per heavy atom. The van der Waals surface area contributed by atoms with Crippen LogP contribution in [-0.4, -0.2) is 5.91 Å². The first-order valence-corrected chi connectivity index (χ1v) is 5.91. The summed E-state index contributed by atoms with van der Waals surface area (Å²) in [6.45, 7) is 4.03. The molecule has 0 saturated heterocycles. The van der Waals surface area contributed by atoms with Crippen LogP contribution < -0.4 is 9.88 Å². The molecule has 1 aromatic heterocycles. The number of anilines is 1. The molecule has 1 amide bonds. The predicted octanol–water partition coefficient (Wildman–Crippen LogP) is 2.38. The minimum Gasteiger partial charge on any atom is -0.317 e. The molecule has 2 rings (SSSR count). The molecule has 0 fully saturated rings. The van der Waals surface area contributed by atoms with Crippen molar-refractivity contribution in [2.45, 2.75) is 13.8 Å². The Hall–Kier alpha value is -2.16. The van der Waals surface area contributed by atoms with Gasteiger partial charge >= 0.3 is 0 Å². The van der Waals surface area contributed by atoms with Crippen molar-refractivity contribution in [1.29, 1.82) is 0 Å². The number of rotatable bonds is 2. The summed E-state index contributed by atoms with van der Waals surface area (Å²) in [6.07, 6.45) is 1.94. The normalized spacial score (nSPS) is 10.2. The molecule has 92 valence electrons. The van der Waals surface area contributed by atoms with E-state index in [1.54, 1.807) is 12.1 Å². The highest BCUT2D eigenvalue weighted by molar-refractivity contribution is 6.04. The largest absolute Gasteiger partial charge is 0.317 e. The fraction of sp³-hybridized carbons (Fsp3) is 0.200. The molecule has 0 bridgehead atoms.